The summed E-state index contributed by atoms with van der Waals surface area (Å²) in [5, 5.41) is 1.05. The molecule has 6 nitrogen and oxygen atoms in total. The van der Waals surface area contributed by atoms with Gasteiger partial charge in [0.2, 0.25) is 0 Å². The Bertz CT molecular complexity index is 1650. The first-order chi connectivity index (χ1) is 18.7. The SMILES string of the molecule is O=[PH]1Oc2ccccc2-c2cccc(Oc3ccccc3Oc3cccc4c3[PH](=O)Oc3ccccc3-4)c21. The molecule has 38 heavy (non-hydrogen) atoms. The Hall–Kier alpha value is -4.24. The predicted octanol–water partition coefficient (Wildman–Crippen LogP) is 7.59. The first-order valence-electron chi connectivity index (χ1n) is 12.0. The molecular formula is C30H20O6P2. The van der Waals surface area contributed by atoms with Gasteiger partial charge in [0.15, 0.2) is 11.5 Å². The van der Waals surface area contributed by atoms with Crippen molar-refractivity contribution in [2.45, 2.75) is 0 Å². The van der Waals surface area contributed by atoms with Gasteiger partial charge in [-0.1, -0.05) is 72.8 Å². The van der Waals surface area contributed by atoms with E-state index in [9.17, 15) is 9.13 Å². The highest BCUT2D eigenvalue weighted by atomic mass is 31.1. The smallest absolute Gasteiger partial charge is 0.270 e. The van der Waals surface area contributed by atoms with Crippen molar-refractivity contribution in [1.29, 1.82) is 0 Å². The molecule has 0 radical (unpaired) electrons. The Morgan fingerprint density at radius 1 is 0.421 bits per heavy atom. The monoisotopic (exact) mass is 538 g/mol. The number of fused-ring (bicyclic) bond motifs is 6. The number of hydrogen-bond donors (Lipinski definition) is 0. The third-order valence-electron chi connectivity index (χ3n) is 6.51. The van der Waals surface area contributed by atoms with E-state index in [1.807, 2.05) is 84.9 Å². The Labute approximate surface area is 220 Å². The van der Waals surface area contributed by atoms with Gasteiger partial charge in [-0.05, 0) is 36.4 Å². The van der Waals surface area contributed by atoms with Crippen molar-refractivity contribution in [2.75, 3.05) is 0 Å². The maximum atomic E-state index is 13.1. The van der Waals surface area contributed by atoms with Crippen molar-refractivity contribution >= 4 is 26.7 Å². The molecule has 2 aliphatic heterocycles. The van der Waals surface area contributed by atoms with E-state index in [1.54, 1.807) is 24.3 Å². The van der Waals surface area contributed by atoms with Crippen LogP contribution in [0.15, 0.2) is 109 Å². The summed E-state index contributed by atoms with van der Waals surface area (Å²) < 4.78 is 50.4. The summed E-state index contributed by atoms with van der Waals surface area (Å²) in [6, 6.07) is 33.3. The zero-order chi connectivity index (χ0) is 25.6. The molecule has 2 heterocycles. The van der Waals surface area contributed by atoms with E-state index in [0.717, 1.165) is 22.3 Å². The fraction of sp³-hybridized carbons (Fsp3) is 0. The third-order valence-corrected chi connectivity index (χ3v) is 9.17. The largest absolute Gasteiger partial charge is 0.453 e. The molecule has 5 aromatic rings. The standard InChI is InChI=1S/C30H20O6P2/c31-37-29-21(19-9-1-3-13-23(19)35-37)11-7-17-27(29)33-25-15-5-6-16-26(25)34-28-18-8-12-22-20-10-2-4-14-24(20)36-38(32)30(22)28/h1-18,37-38H. The highest BCUT2D eigenvalue weighted by molar-refractivity contribution is 7.50. The Morgan fingerprint density at radius 2 is 0.789 bits per heavy atom. The van der Waals surface area contributed by atoms with Gasteiger partial charge in [-0.2, -0.15) is 0 Å². The van der Waals surface area contributed by atoms with Crippen LogP contribution in [0.2, 0.25) is 0 Å². The number of benzene rings is 5. The van der Waals surface area contributed by atoms with Crippen molar-refractivity contribution in [3.8, 4) is 56.8 Å². The first-order valence-corrected chi connectivity index (χ1v) is 14.6. The number of para-hydroxylation sites is 4. The van der Waals surface area contributed by atoms with E-state index in [1.165, 1.54) is 0 Å². The van der Waals surface area contributed by atoms with Gasteiger partial charge >= 0.3 is 0 Å². The summed E-state index contributed by atoms with van der Waals surface area (Å²) in [5.41, 5.74) is 3.36. The van der Waals surface area contributed by atoms with Crippen molar-refractivity contribution in [1.82, 2.24) is 0 Å². The molecule has 0 amide bonds. The van der Waals surface area contributed by atoms with Crippen LogP contribution in [0, 0.1) is 0 Å². The molecule has 0 N–H and O–H groups in total. The molecule has 2 unspecified atom stereocenters. The van der Waals surface area contributed by atoms with E-state index in [-0.39, 0.29) is 0 Å². The summed E-state index contributed by atoms with van der Waals surface area (Å²) in [5.74, 6) is 2.89. The fourth-order valence-corrected chi connectivity index (χ4v) is 7.32. The topological polar surface area (TPSA) is 71.1 Å². The minimum atomic E-state index is -2.60. The summed E-state index contributed by atoms with van der Waals surface area (Å²) in [7, 11) is -5.20. The number of hydrogen-bond acceptors (Lipinski definition) is 6. The molecule has 0 saturated carbocycles. The molecule has 7 rings (SSSR count). The van der Waals surface area contributed by atoms with Crippen molar-refractivity contribution in [2.24, 2.45) is 0 Å². The second kappa shape index (κ2) is 9.25. The average Bonchev–Trinajstić information content (AvgIpc) is 2.94. The molecule has 0 bridgehead atoms. The zero-order valence-corrected chi connectivity index (χ0v) is 21.8. The van der Waals surface area contributed by atoms with E-state index >= 15 is 0 Å². The predicted molar refractivity (Wildman–Crippen MR) is 149 cm³/mol. The van der Waals surface area contributed by atoms with E-state index in [2.05, 4.69) is 0 Å². The van der Waals surface area contributed by atoms with Crippen molar-refractivity contribution in [3.05, 3.63) is 109 Å². The lowest BCUT2D eigenvalue weighted by Gasteiger charge is -2.24. The van der Waals surface area contributed by atoms with Crippen LogP contribution in [0.1, 0.15) is 0 Å². The van der Waals surface area contributed by atoms with Crippen LogP contribution in [0.25, 0.3) is 22.3 Å². The van der Waals surface area contributed by atoms with Crippen LogP contribution in [0.5, 0.6) is 34.5 Å². The second-order valence-corrected chi connectivity index (χ2v) is 11.3. The summed E-state index contributed by atoms with van der Waals surface area (Å²) in [6.45, 7) is 0. The molecule has 5 aromatic carbocycles. The van der Waals surface area contributed by atoms with Crippen LogP contribution in [-0.4, -0.2) is 0 Å². The van der Waals surface area contributed by atoms with Crippen LogP contribution in [0.3, 0.4) is 0 Å². The maximum Gasteiger partial charge on any atom is 0.270 e. The van der Waals surface area contributed by atoms with Gasteiger partial charge in [-0.25, -0.2) is 0 Å². The molecule has 0 aromatic heterocycles. The first kappa shape index (κ1) is 22.9. The van der Waals surface area contributed by atoms with Gasteiger partial charge in [-0.15, -0.1) is 0 Å². The quantitative estimate of drug-likeness (QED) is 0.220. The average molecular weight is 538 g/mol. The number of rotatable bonds is 4. The van der Waals surface area contributed by atoms with E-state index < -0.39 is 16.1 Å². The number of ether oxygens (including phenoxy) is 2. The lowest BCUT2D eigenvalue weighted by Crippen LogP contribution is -2.14. The van der Waals surface area contributed by atoms with Crippen molar-refractivity contribution < 1.29 is 27.7 Å². The summed E-state index contributed by atoms with van der Waals surface area (Å²) in [6.07, 6.45) is 0. The highest BCUT2D eigenvalue weighted by Crippen LogP contribution is 2.48. The normalized spacial score (nSPS) is 16.5. The Kier molecular flexibility index (Phi) is 5.58. The van der Waals surface area contributed by atoms with E-state index in [0.29, 0.717) is 45.1 Å². The lowest BCUT2D eigenvalue weighted by molar-refractivity contribution is 0.420. The fourth-order valence-electron chi connectivity index (χ4n) is 4.82. The van der Waals surface area contributed by atoms with Gasteiger partial charge in [0, 0.05) is 22.3 Å². The summed E-state index contributed by atoms with van der Waals surface area (Å²) >= 11 is 0. The minimum absolute atomic E-state index is 0.420. The van der Waals surface area contributed by atoms with Crippen molar-refractivity contribution in [3.63, 3.8) is 0 Å². The van der Waals surface area contributed by atoms with Crippen LogP contribution < -0.4 is 29.1 Å². The van der Waals surface area contributed by atoms with Gasteiger partial charge in [0.25, 0.3) is 16.1 Å². The molecule has 2 atom stereocenters. The van der Waals surface area contributed by atoms with Crippen LogP contribution >= 0.6 is 16.1 Å². The molecule has 186 valence electrons. The van der Waals surface area contributed by atoms with E-state index in [4.69, 9.17) is 18.5 Å². The molecule has 0 fully saturated rings. The second-order valence-electron chi connectivity index (χ2n) is 8.78. The molecule has 2 aliphatic rings. The maximum absolute atomic E-state index is 13.1. The molecule has 0 saturated heterocycles. The minimum Gasteiger partial charge on any atom is -0.453 e. The zero-order valence-electron chi connectivity index (χ0n) is 19.8. The lowest BCUT2D eigenvalue weighted by atomic mass is 10.0. The van der Waals surface area contributed by atoms with Gasteiger partial charge < -0.3 is 18.5 Å². The molecule has 0 aliphatic carbocycles. The van der Waals surface area contributed by atoms with Crippen LogP contribution in [-0.2, 0) is 9.13 Å². The third kappa shape index (κ3) is 3.81. The molecular weight excluding hydrogens is 518 g/mol. The highest BCUT2D eigenvalue weighted by Gasteiger charge is 2.28. The molecule has 0 spiro atoms. The summed E-state index contributed by atoms with van der Waals surface area (Å²) in [4.78, 5) is 0. The molecule has 8 heteroatoms. The van der Waals surface area contributed by atoms with Crippen LogP contribution in [0.4, 0.5) is 0 Å². The van der Waals surface area contributed by atoms with Gasteiger partial charge in [0.1, 0.15) is 23.0 Å². The van der Waals surface area contributed by atoms with Gasteiger partial charge in [0.05, 0.1) is 10.6 Å². The Morgan fingerprint density at radius 3 is 1.26 bits per heavy atom. The Balaban J connectivity index is 1.28. The van der Waals surface area contributed by atoms with Gasteiger partial charge in [-0.3, -0.25) is 9.13 Å².